The minimum atomic E-state index is -3.43. The maximum atomic E-state index is 12.6. The number of rotatable bonds is 5. The summed E-state index contributed by atoms with van der Waals surface area (Å²) in [7, 11) is -1.93. The molecule has 0 aromatic heterocycles. The number of benzene rings is 1. The van der Waals surface area contributed by atoms with Gasteiger partial charge >= 0.3 is 0 Å². The summed E-state index contributed by atoms with van der Waals surface area (Å²) >= 11 is 0. The third-order valence-corrected chi connectivity index (χ3v) is 4.09. The molecule has 0 unspecified atom stereocenters. The van der Waals surface area contributed by atoms with Gasteiger partial charge in [0, 0.05) is 13.5 Å². The van der Waals surface area contributed by atoms with Crippen LogP contribution in [0.4, 0.5) is 4.39 Å². The Labute approximate surface area is 99.8 Å². The van der Waals surface area contributed by atoms with Crippen molar-refractivity contribution in [1.82, 2.24) is 5.32 Å². The number of sulfone groups is 1. The Hall–Kier alpha value is -1.43. The van der Waals surface area contributed by atoms with Crippen LogP contribution in [0.2, 0.25) is 0 Å². The molecule has 0 atom stereocenters. The van der Waals surface area contributed by atoms with Crippen LogP contribution in [-0.2, 0) is 14.6 Å². The molecule has 0 spiro atoms. The molecule has 6 heteroatoms. The number of carbonyl (C=O) groups is 1. The molecule has 0 fully saturated rings. The van der Waals surface area contributed by atoms with E-state index >= 15 is 0 Å². The monoisotopic (exact) mass is 259 g/mol. The van der Waals surface area contributed by atoms with Crippen molar-refractivity contribution in [1.29, 1.82) is 0 Å². The smallest absolute Gasteiger partial charge is 0.219 e. The molecular formula is C11H14FNO3S. The first kappa shape index (κ1) is 13.6. The summed E-state index contributed by atoms with van der Waals surface area (Å²) in [6.45, 7) is 0. The van der Waals surface area contributed by atoms with Crippen LogP contribution >= 0.6 is 0 Å². The van der Waals surface area contributed by atoms with Crippen LogP contribution < -0.4 is 5.32 Å². The molecule has 0 saturated heterocycles. The average Bonchev–Trinajstić information content (AvgIpc) is 2.29. The van der Waals surface area contributed by atoms with Crippen LogP contribution in [0, 0.1) is 5.82 Å². The van der Waals surface area contributed by atoms with E-state index in [-0.39, 0.29) is 29.4 Å². The lowest BCUT2D eigenvalue weighted by atomic mass is 10.3. The lowest BCUT2D eigenvalue weighted by Gasteiger charge is -2.04. The second kappa shape index (κ2) is 5.77. The Morgan fingerprint density at radius 3 is 2.41 bits per heavy atom. The van der Waals surface area contributed by atoms with E-state index in [4.69, 9.17) is 0 Å². The highest BCUT2D eigenvalue weighted by Gasteiger charge is 2.14. The highest BCUT2D eigenvalue weighted by molar-refractivity contribution is 7.91. The van der Waals surface area contributed by atoms with Crippen molar-refractivity contribution in [2.75, 3.05) is 12.8 Å². The highest BCUT2D eigenvalue weighted by Crippen LogP contribution is 2.13. The summed E-state index contributed by atoms with van der Waals surface area (Å²) in [5.74, 6) is -0.792. The maximum Gasteiger partial charge on any atom is 0.219 e. The molecule has 0 aliphatic carbocycles. The third kappa shape index (κ3) is 4.14. The van der Waals surface area contributed by atoms with Crippen LogP contribution in [0.15, 0.2) is 29.2 Å². The molecule has 0 saturated carbocycles. The van der Waals surface area contributed by atoms with Crippen molar-refractivity contribution >= 4 is 15.7 Å². The zero-order valence-electron chi connectivity index (χ0n) is 9.44. The Morgan fingerprint density at radius 2 is 1.88 bits per heavy atom. The summed E-state index contributed by atoms with van der Waals surface area (Å²) in [6.07, 6.45) is 0.413. The van der Waals surface area contributed by atoms with E-state index in [1.54, 1.807) is 0 Å². The van der Waals surface area contributed by atoms with Crippen LogP contribution in [0.1, 0.15) is 12.8 Å². The standard InChI is InChI=1S/C11H14FNO3S/c1-13-11(14)3-2-8-17(15,16)10-6-4-9(12)5-7-10/h4-7H,2-3,8H2,1H3,(H,13,14). The number of hydrogen-bond acceptors (Lipinski definition) is 3. The molecule has 94 valence electrons. The van der Waals surface area contributed by atoms with Crippen LogP contribution in [-0.4, -0.2) is 27.1 Å². The molecule has 1 rings (SSSR count). The average molecular weight is 259 g/mol. The van der Waals surface area contributed by atoms with Gasteiger partial charge in [0.2, 0.25) is 5.91 Å². The molecule has 0 aliphatic heterocycles. The van der Waals surface area contributed by atoms with E-state index in [0.717, 1.165) is 12.1 Å². The molecule has 0 bridgehead atoms. The van der Waals surface area contributed by atoms with Crippen molar-refractivity contribution in [2.24, 2.45) is 0 Å². The zero-order chi connectivity index (χ0) is 12.9. The highest BCUT2D eigenvalue weighted by atomic mass is 32.2. The fourth-order valence-corrected chi connectivity index (χ4v) is 2.62. The first-order chi connectivity index (χ1) is 7.95. The quantitative estimate of drug-likeness (QED) is 0.806. The van der Waals surface area contributed by atoms with E-state index in [1.807, 2.05) is 0 Å². The molecule has 0 aliphatic rings. The second-order valence-electron chi connectivity index (χ2n) is 3.55. The number of hydrogen-bond donors (Lipinski definition) is 1. The van der Waals surface area contributed by atoms with Gasteiger partial charge < -0.3 is 5.32 Å². The first-order valence-electron chi connectivity index (χ1n) is 5.14. The minimum absolute atomic E-state index is 0.0795. The van der Waals surface area contributed by atoms with Crippen molar-refractivity contribution in [3.05, 3.63) is 30.1 Å². The maximum absolute atomic E-state index is 12.6. The summed E-state index contributed by atoms with van der Waals surface area (Å²) in [5, 5.41) is 2.42. The van der Waals surface area contributed by atoms with Gasteiger partial charge in [-0.3, -0.25) is 4.79 Å². The number of halogens is 1. The van der Waals surface area contributed by atoms with Crippen molar-refractivity contribution in [2.45, 2.75) is 17.7 Å². The first-order valence-corrected chi connectivity index (χ1v) is 6.80. The molecule has 1 N–H and O–H groups in total. The second-order valence-corrected chi connectivity index (χ2v) is 5.66. The van der Waals surface area contributed by atoms with Crippen LogP contribution in [0.3, 0.4) is 0 Å². The minimum Gasteiger partial charge on any atom is -0.359 e. The Balaban J connectivity index is 2.63. The molecule has 1 amide bonds. The van der Waals surface area contributed by atoms with Gasteiger partial charge in [-0.15, -0.1) is 0 Å². The van der Waals surface area contributed by atoms with Crippen molar-refractivity contribution in [3.8, 4) is 0 Å². The molecule has 1 aromatic carbocycles. The molecule has 0 radical (unpaired) electrons. The van der Waals surface area contributed by atoms with E-state index in [0.29, 0.717) is 0 Å². The van der Waals surface area contributed by atoms with Crippen molar-refractivity contribution < 1.29 is 17.6 Å². The van der Waals surface area contributed by atoms with Gasteiger partial charge in [0.05, 0.1) is 10.6 Å². The molecule has 4 nitrogen and oxygen atoms in total. The Morgan fingerprint density at radius 1 is 1.29 bits per heavy atom. The van der Waals surface area contributed by atoms with Gasteiger partial charge in [-0.2, -0.15) is 0 Å². The summed E-state index contributed by atoms with van der Waals surface area (Å²) in [5.41, 5.74) is 0. The van der Waals surface area contributed by atoms with E-state index in [2.05, 4.69) is 5.32 Å². The summed E-state index contributed by atoms with van der Waals surface area (Å²) in [6, 6.07) is 4.66. The predicted octanol–water partition coefficient (Wildman–Crippen LogP) is 1.13. The lowest BCUT2D eigenvalue weighted by Crippen LogP contribution is -2.18. The largest absolute Gasteiger partial charge is 0.359 e. The van der Waals surface area contributed by atoms with E-state index < -0.39 is 15.7 Å². The lowest BCUT2D eigenvalue weighted by molar-refractivity contribution is -0.120. The summed E-state index contributed by atoms with van der Waals surface area (Å²) < 4.78 is 36.1. The van der Waals surface area contributed by atoms with Crippen LogP contribution in [0.5, 0.6) is 0 Å². The van der Waals surface area contributed by atoms with Gasteiger partial charge in [0.1, 0.15) is 5.82 Å². The number of carbonyl (C=O) groups excluding carboxylic acids is 1. The van der Waals surface area contributed by atoms with Gasteiger partial charge in [-0.1, -0.05) is 0 Å². The predicted molar refractivity (Wildman–Crippen MR) is 61.8 cm³/mol. The van der Waals surface area contributed by atoms with Gasteiger partial charge in [0.15, 0.2) is 9.84 Å². The summed E-state index contributed by atoms with van der Waals surface area (Å²) in [4.78, 5) is 11.0. The van der Waals surface area contributed by atoms with Gasteiger partial charge in [-0.05, 0) is 30.7 Å². The zero-order valence-corrected chi connectivity index (χ0v) is 10.3. The number of nitrogens with one attached hydrogen (secondary N) is 1. The molecule has 1 aromatic rings. The molecular weight excluding hydrogens is 245 g/mol. The molecule has 0 heterocycles. The Bertz CT molecular complexity index is 482. The van der Waals surface area contributed by atoms with E-state index in [1.165, 1.54) is 19.2 Å². The third-order valence-electron chi connectivity index (χ3n) is 2.27. The SMILES string of the molecule is CNC(=O)CCCS(=O)(=O)c1ccc(F)cc1. The Kier molecular flexibility index (Phi) is 4.62. The van der Waals surface area contributed by atoms with Gasteiger partial charge in [0.25, 0.3) is 0 Å². The van der Waals surface area contributed by atoms with E-state index in [9.17, 15) is 17.6 Å². The fourth-order valence-electron chi connectivity index (χ4n) is 1.31. The fraction of sp³-hybridized carbons (Fsp3) is 0.364. The topological polar surface area (TPSA) is 63.2 Å². The molecule has 17 heavy (non-hydrogen) atoms. The van der Waals surface area contributed by atoms with Crippen LogP contribution in [0.25, 0.3) is 0 Å². The normalized spacial score (nSPS) is 11.2. The van der Waals surface area contributed by atoms with Gasteiger partial charge in [-0.25, -0.2) is 12.8 Å². The number of amides is 1. The van der Waals surface area contributed by atoms with Crippen molar-refractivity contribution in [3.63, 3.8) is 0 Å².